The van der Waals surface area contributed by atoms with Crippen molar-refractivity contribution in [1.29, 1.82) is 0 Å². The van der Waals surface area contributed by atoms with Crippen LogP contribution in [-0.2, 0) is 6.42 Å². The molecular formula is C24H33N3. The van der Waals surface area contributed by atoms with Crippen LogP contribution in [0.4, 0.5) is 0 Å². The van der Waals surface area contributed by atoms with Crippen molar-refractivity contribution in [3.63, 3.8) is 0 Å². The van der Waals surface area contributed by atoms with Gasteiger partial charge in [-0.3, -0.25) is 0 Å². The fraction of sp³-hybridized carbons (Fsp3) is 0.417. The van der Waals surface area contributed by atoms with Crippen LogP contribution in [0.25, 0.3) is 6.08 Å². The molecule has 1 unspecified atom stereocenters. The number of rotatable bonds is 9. The van der Waals surface area contributed by atoms with Gasteiger partial charge >= 0.3 is 0 Å². The van der Waals surface area contributed by atoms with Crippen molar-refractivity contribution in [2.75, 3.05) is 39.3 Å². The standard InChI is InChI=1S/C24H33N3/c1-21(17-22-9-4-2-5-10-22)19-25-13-8-15-27-16-14-26-24(20-27)18-23-11-6-3-7-12-23/h2-7,9-12,17,24-26H,8,13-16,18-20H2,1H3. The number of hydrogen-bond acceptors (Lipinski definition) is 3. The molecule has 144 valence electrons. The molecule has 1 atom stereocenters. The maximum absolute atomic E-state index is 3.67. The average molecular weight is 364 g/mol. The number of benzene rings is 2. The van der Waals surface area contributed by atoms with Gasteiger partial charge in [0.2, 0.25) is 0 Å². The maximum atomic E-state index is 3.67. The van der Waals surface area contributed by atoms with Crippen molar-refractivity contribution in [3.8, 4) is 0 Å². The molecule has 3 heteroatoms. The monoisotopic (exact) mass is 363 g/mol. The Bertz CT molecular complexity index is 681. The molecule has 0 amide bonds. The first-order chi connectivity index (χ1) is 13.3. The van der Waals surface area contributed by atoms with Crippen molar-refractivity contribution in [2.24, 2.45) is 0 Å². The smallest absolute Gasteiger partial charge is 0.0235 e. The number of nitrogens with zero attached hydrogens (tertiary/aromatic N) is 1. The van der Waals surface area contributed by atoms with Gasteiger partial charge in [-0.2, -0.15) is 0 Å². The number of hydrogen-bond donors (Lipinski definition) is 2. The lowest BCUT2D eigenvalue weighted by molar-refractivity contribution is 0.197. The molecule has 2 aromatic rings. The Balaban J connectivity index is 1.31. The van der Waals surface area contributed by atoms with E-state index in [4.69, 9.17) is 0 Å². The Kier molecular flexibility index (Phi) is 8.09. The molecule has 0 aliphatic carbocycles. The van der Waals surface area contributed by atoms with E-state index < -0.39 is 0 Å². The predicted molar refractivity (Wildman–Crippen MR) is 116 cm³/mol. The van der Waals surface area contributed by atoms with Crippen LogP contribution in [-0.4, -0.2) is 50.2 Å². The summed E-state index contributed by atoms with van der Waals surface area (Å²) in [7, 11) is 0. The molecule has 0 aromatic heterocycles. The van der Waals surface area contributed by atoms with E-state index in [0.29, 0.717) is 6.04 Å². The van der Waals surface area contributed by atoms with E-state index in [9.17, 15) is 0 Å². The molecular weight excluding hydrogens is 330 g/mol. The van der Waals surface area contributed by atoms with Gasteiger partial charge in [0.05, 0.1) is 0 Å². The summed E-state index contributed by atoms with van der Waals surface area (Å²) >= 11 is 0. The molecule has 1 aliphatic rings. The minimum absolute atomic E-state index is 0.574. The molecule has 0 bridgehead atoms. The first-order valence-electron chi connectivity index (χ1n) is 10.2. The zero-order valence-corrected chi connectivity index (χ0v) is 16.5. The summed E-state index contributed by atoms with van der Waals surface area (Å²) < 4.78 is 0. The summed E-state index contributed by atoms with van der Waals surface area (Å²) in [5.41, 5.74) is 4.09. The largest absolute Gasteiger partial charge is 0.313 e. The van der Waals surface area contributed by atoms with Crippen LogP contribution in [0, 0.1) is 0 Å². The van der Waals surface area contributed by atoms with E-state index in [2.05, 4.69) is 89.2 Å². The second-order valence-electron chi connectivity index (χ2n) is 7.57. The molecule has 1 heterocycles. The van der Waals surface area contributed by atoms with Gasteiger partial charge in [-0.25, -0.2) is 0 Å². The average Bonchev–Trinajstić information content (AvgIpc) is 2.70. The molecule has 2 N–H and O–H groups in total. The highest BCUT2D eigenvalue weighted by molar-refractivity contribution is 5.52. The fourth-order valence-electron chi connectivity index (χ4n) is 3.73. The van der Waals surface area contributed by atoms with Gasteiger partial charge in [0, 0.05) is 32.2 Å². The van der Waals surface area contributed by atoms with Crippen LogP contribution in [0.5, 0.6) is 0 Å². The predicted octanol–water partition coefficient (Wildman–Crippen LogP) is 3.59. The van der Waals surface area contributed by atoms with E-state index in [0.717, 1.165) is 39.1 Å². The van der Waals surface area contributed by atoms with Crippen LogP contribution in [0.15, 0.2) is 66.2 Å². The van der Waals surface area contributed by atoms with Crippen LogP contribution in [0.2, 0.25) is 0 Å². The topological polar surface area (TPSA) is 27.3 Å². The van der Waals surface area contributed by atoms with Gasteiger partial charge < -0.3 is 15.5 Å². The Morgan fingerprint density at radius 3 is 2.63 bits per heavy atom. The van der Waals surface area contributed by atoms with Gasteiger partial charge in [-0.05, 0) is 44.0 Å². The lowest BCUT2D eigenvalue weighted by atomic mass is 10.0. The first kappa shape index (κ1) is 19.8. The molecule has 0 radical (unpaired) electrons. The van der Waals surface area contributed by atoms with Crippen molar-refractivity contribution < 1.29 is 0 Å². The highest BCUT2D eigenvalue weighted by atomic mass is 15.2. The summed E-state index contributed by atoms with van der Waals surface area (Å²) in [6, 6.07) is 21.9. The molecule has 0 spiro atoms. The molecule has 3 rings (SSSR count). The van der Waals surface area contributed by atoms with Gasteiger partial charge in [-0.1, -0.05) is 72.3 Å². The highest BCUT2D eigenvalue weighted by Crippen LogP contribution is 2.08. The second kappa shape index (κ2) is 11.0. The lowest BCUT2D eigenvalue weighted by Crippen LogP contribution is -2.51. The van der Waals surface area contributed by atoms with Gasteiger partial charge in [0.1, 0.15) is 0 Å². The van der Waals surface area contributed by atoms with E-state index in [1.54, 1.807) is 0 Å². The van der Waals surface area contributed by atoms with Crippen LogP contribution >= 0.6 is 0 Å². The summed E-state index contributed by atoms with van der Waals surface area (Å²) in [6.45, 7) is 8.84. The molecule has 1 fully saturated rings. The minimum atomic E-state index is 0.574. The Morgan fingerprint density at radius 1 is 1.11 bits per heavy atom. The Labute approximate surface area is 164 Å². The van der Waals surface area contributed by atoms with Gasteiger partial charge in [0.25, 0.3) is 0 Å². The number of nitrogens with one attached hydrogen (secondary N) is 2. The third kappa shape index (κ3) is 7.30. The SMILES string of the molecule is CC(=Cc1ccccc1)CNCCCN1CCNC(Cc2ccccc2)C1. The summed E-state index contributed by atoms with van der Waals surface area (Å²) in [5, 5.41) is 7.26. The molecule has 0 saturated carbocycles. The number of piperazine rings is 1. The Hall–Kier alpha value is -1.94. The van der Waals surface area contributed by atoms with Crippen LogP contribution in [0.1, 0.15) is 24.5 Å². The van der Waals surface area contributed by atoms with Gasteiger partial charge in [0.15, 0.2) is 0 Å². The lowest BCUT2D eigenvalue weighted by Gasteiger charge is -2.33. The van der Waals surface area contributed by atoms with E-state index in [1.165, 1.54) is 29.7 Å². The zero-order chi connectivity index (χ0) is 18.7. The van der Waals surface area contributed by atoms with Gasteiger partial charge in [-0.15, -0.1) is 0 Å². The van der Waals surface area contributed by atoms with E-state index >= 15 is 0 Å². The maximum Gasteiger partial charge on any atom is 0.0235 e. The second-order valence-corrected chi connectivity index (χ2v) is 7.57. The summed E-state index contributed by atoms with van der Waals surface area (Å²) in [5.74, 6) is 0. The normalized spacial score (nSPS) is 18.6. The zero-order valence-electron chi connectivity index (χ0n) is 16.5. The molecule has 27 heavy (non-hydrogen) atoms. The van der Waals surface area contributed by atoms with E-state index in [-0.39, 0.29) is 0 Å². The van der Waals surface area contributed by atoms with Crippen molar-refractivity contribution in [3.05, 3.63) is 77.4 Å². The van der Waals surface area contributed by atoms with Crippen molar-refractivity contribution in [2.45, 2.75) is 25.8 Å². The molecule has 3 nitrogen and oxygen atoms in total. The molecule has 1 aliphatic heterocycles. The molecule has 1 saturated heterocycles. The molecule has 2 aromatic carbocycles. The van der Waals surface area contributed by atoms with Crippen LogP contribution in [0.3, 0.4) is 0 Å². The summed E-state index contributed by atoms with van der Waals surface area (Å²) in [6.07, 6.45) is 4.59. The minimum Gasteiger partial charge on any atom is -0.313 e. The van der Waals surface area contributed by atoms with Crippen molar-refractivity contribution in [1.82, 2.24) is 15.5 Å². The van der Waals surface area contributed by atoms with Crippen LogP contribution < -0.4 is 10.6 Å². The quantitative estimate of drug-likeness (QED) is 0.667. The first-order valence-corrected chi connectivity index (χ1v) is 10.2. The summed E-state index contributed by atoms with van der Waals surface area (Å²) in [4.78, 5) is 2.61. The third-order valence-corrected chi connectivity index (χ3v) is 5.11. The fourth-order valence-corrected chi connectivity index (χ4v) is 3.73. The van der Waals surface area contributed by atoms with E-state index in [1.807, 2.05) is 0 Å². The van der Waals surface area contributed by atoms with Crippen molar-refractivity contribution >= 4 is 6.08 Å². The Morgan fingerprint density at radius 2 is 1.85 bits per heavy atom. The highest BCUT2D eigenvalue weighted by Gasteiger charge is 2.18. The third-order valence-electron chi connectivity index (χ3n) is 5.11.